The lowest BCUT2D eigenvalue weighted by Crippen LogP contribution is -2.43. The molecule has 3 aliphatic rings. The molecule has 64 heavy (non-hydrogen) atoms. The number of furan rings is 1. The van der Waals surface area contributed by atoms with Crippen molar-refractivity contribution < 1.29 is 4.42 Å². The summed E-state index contributed by atoms with van der Waals surface area (Å²) in [6.45, 7) is 6.61. The third-order valence-electron chi connectivity index (χ3n) is 14.0. The summed E-state index contributed by atoms with van der Waals surface area (Å²) in [7, 11) is 0. The Morgan fingerprint density at radius 3 is 1.61 bits per heavy atom. The van der Waals surface area contributed by atoms with Gasteiger partial charge in [-0.2, -0.15) is 0 Å². The first-order chi connectivity index (χ1) is 31.6. The Kier molecular flexibility index (Phi) is 7.77. The molecule has 0 bridgehead atoms. The van der Waals surface area contributed by atoms with Crippen molar-refractivity contribution in [3.8, 4) is 56.4 Å². The topological polar surface area (TPSA) is 51.8 Å². The van der Waals surface area contributed by atoms with Crippen LogP contribution in [-0.4, -0.2) is 15.0 Å². The van der Waals surface area contributed by atoms with Crippen molar-refractivity contribution in [3.05, 3.63) is 257 Å². The second-order valence-corrected chi connectivity index (χ2v) is 17.0. The lowest BCUT2D eigenvalue weighted by atomic mass is 9.52. The van der Waals surface area contributed by atoms with E-state index in [0.29, 0.717) is 17.5 Å². The number of rotatable bonds is 5. The fourth-order valence-electron chi connectivity index (χ4n) is 11.7. The molecule has 3 aliphatic carbocycles. The van der Waals surface area contributed by atoms with Gasteiger partial charge in [0, 0.05) is 33.0 Å². The number of para-hydroxylation sites is 1. The molecule has 2 spiro atoms. The Bertz CT molecular complexity index is 3550. The Morgan fingerprint density at radius 2 is 0.953 bits per heavy atom. The molecular weight excluding hydrogens is 779 g/mol. The molecule has 13 rings (SSSR count). The van der Waals surface area contributed by atoms with Gasteiger partial charge in [0.25, 0.3) is 0 Å². The van der Waals surface area contributed by atoms with Crippen molar-refractivity contribution in [2.45, 2.75) is 17.8 Å². The first-order valence-electron chi connectivity index (χ1n) is 21.9. The highest BCUT2D eigenvalue weighted by atomic mass is 16.3. The van der Waals surface area contributed by atoms with Crippen molar-refractivity contribution >= 4 is 21.9 Å². The van der Waals surface area contributed by atoms with Crippen LogP contribution in [0.15, 0.2) is 228 Å². The largest absolute Gasteiger partial charge is 0.456 e. The Balaban J connectivity index is 1.23. The maximum Gasteiger partial charge on any atom is 0.164 e. The van der Waals surface area contributed by atoms with Gasteiger partial charge < -0.3 is 4.42 Å². The minimum Gasteiger partial charge on any atom is -0.456 e. The van der Waals surface area contributed by atoms with Crippen molar-refractivity contribution in [1.82, 2.24) is 15.0 Å². The number of hydrogen-bond acceptors (Lipinski definition) is 4. The molecule has 0 radical (unpaired) electrons. The number of aromatic nitrogens is 3. The zero-order valence-corrected chi connectivity index (χ0v) is 35.1. The lowest BCUT2D eigenvalue weighted by Gasteiger charge is -2.49. The summed E-state index contributed by atoms with van der Waals surface area (Å²) in [5, 5.41) is 2.17. The molecule has 300 valence electrons. The molecule has 2 aromatic heterocycles. The van der Waals surface area contributed by atoms with Gasteiger partial charge in [0.15, 0.2) is 17.5 Å². The Hall–Kier alpha value is -8.21. The normalized spacial score (nSPS) is 16.3. The van der Waals surface area contributed by atoms with Gasteiger partial charge in [-0.15, -0.1) is 0 Å². The molecule has 4 heteroatoms. The van der Waals surface area contributed by atoms with Crippen molar-refractivity contribution in [2.24, 2.45) is 0 Å². The molecule has 2 heterocycles. The van der Waals surface area contributed by atoms with Gasteiger partial charge in [0.1, 0.15) is 11.2 Å². The van der Waals surface area contributed by atoms with Gasteiger partial charge in [0.2, 0.25) is 0 Å². The van der Waals surface area contributed by atoms with Gasteiger partial charge in [0.05, 0.1) is 10.8 Å². The highest BCUT2D eigenvalue weighted by Gasteiger charge is 2.60. The number of benzene rings is 8. The third kappa shape index (κ3) is 4.69. The van der Waals surface area contributed by atoms with E-state index < -0.39 is 10.8 Å². The molecule has 4 nitrogen and oxygen atoms in total. The minimum absolute atomic E-state index is 0.594. The summed E-state index contributed by atoms with van der Waals surface area (Å²) < 4.78 is 7.18. The molecular formula is C60H39N3O. The number of fused-ring (bicyclic) bond motifs is 17. The van der Waals surface area contributed by atoms with Crippen LogP contribution in [0.25, 0.3) is 78.4 Å². The van der Waals surface area contributed by atoms with Crippen molar-refractivity contribution in [1.29, 1.82) is 0 Å². The van der Waals surface area contributed by atoms with Crippen molar-refractivity contribution in [3.63, 3.8) is 0 Å². The molecule has 0 N–H and O–H groups in total. The number of nitrogens with zero attached hydrogens (tertiary/aromatic N) is 3. The maximum atomic E-state index is 7.18. The van der Waals surface area contributed by atoms with Gasteiger partial charge in [-0.1, -0.05) is 201 Å². The van der Waals surface area contributed by atoms with Crippen LogP contribution in [0.1, 0.15) is 40.3 Å². The van der Waals surface area contributed by atoms with Gasteiger partial charge >= 0.3 is 0 Å². The van der Waals surface area contributed by atoms with Crippen LogP contribution in [0.3, 0.4) is 0 Å². The molecule has 0 saturated heterocycles. The number of allylic oxidation sites excluding steroid dienone is 5. The second-order valence-electron chi connectivity index (χ2n) is 17.0. The lowest BCUT2D eigenvalue weighted by molar-refractivity contribution is 0.609. The number of hydrogen-bond donors (Lipinski definition) is 0. The second kappa shape index (κ2) is 13.6. The fraction of sp³-hybridized carbons (Fsp3) is 0.0500. The molecule has 1 atom stereocenters. The molecule has 0 aliphatic heterocycles. The van der Waals surface area contributed by atoms with E-state index in [2.05, 4.69) is 177 Å². The van der Waals surface area contributed by atoms with E-state index in [1.54, 1.807) is 0 Å². The quantitative estimate of drug-likeness (QED) is 0.162. The van der Waals surface area contributed by atoms with Crippen LogP contribution in [0.4, 0.5) is 0 Å². The molecule has 1 unspecified atom stereocenters. The zero-order chi connectivity index (χ0) is 42.6. The Morgan fingerprint density at radius 1 is 0.438 bits per heavy atom. The Labute approximate surface area is 371 Å². The average molecular weight is 818 g/mol. The first-order valence-corrected chi connectivity index (χ1v) is 21.9. The molecule has 0 saturated carbocycles. The van der Waals surface area contributed by atoms with E-state index in [-0.39, 0.29) is 0 Å². The summed E-state index contributed by atoms with van der Waals surface area (Å²) in [6, 6.07) is 67.2. The smallest absolute Gasteiger partial charge is 0.164 e. The average Bonchev–Trinajstić information content (AvgIpc) is 3.99. The van der Waals surface area contributed by atoms with Crippen LogP contribution in [-0.2, 0) is 10.8 Å². The van der Waals surface area contributed by atoms with E-state index >= 15 is 0 Å². The fourth-order valence-corrected chi connectivity index (χ4v) is 11.7. The summed E-state index contributed by atoms with van der Waals surface area (Å²) in [6.07, 6.45) is 6.32. The highest BCUT2D eigenvalue weighted by Crippen LogP contribution is 2.69. The maximum absolute atomic E-state index is 7.18. The van der Waals surface area contributed by atoms with Crippen LogP contribution in [0.2, 0.25) is 0 Å². The van der Waals surface area contributed by atoms with E-state index in [1.165, 1.54) is 44.5 Å². The van der Waals surface area contributed by atoms with E-state index in [1.807, 2.05) is 42.5 Å². The summed E-state index contributed by atoms with van der Waals surface area (Å²) in [5.41, 5.74) is 17.4. The zero-order valence-electron chi connectivity index (χ0n) is 35.1. The van der Waals surface area contributed by atoms with Crippen LogP contribution >= 0.6 is 0 Å². The van der Waals surface area contributed by atoms with Crippen LogP contribution in [0, 0.1) is 0 Å². The van der Waals surface area contributed by atoms with Gasteiger partial charge in [-0.3, -0.25) is 0 Å². The van der Waals surface area contributed by atoms with Crippen LogP contribution < -0.4 is 0 Å². The SMILES string of the molecule is C=C/C=C\C1=C(C)C2(c3ccccc3-c3ccccc32)c2ccccc2C12c1c(-c3nc(-c4ccccc4)nc(-c4ccccc4)n3)cccc1-c1ccc3c(oc4ccccc43)c12. The standard InChI is InChI=1S/C60H39N3O/c1-3-4-29-47-37(2)59(48-30-14-11-24-40(48)41-25-12-15-31-49(41)59)50-32-16-17-33-51(50)60(47)53-43(44-35-36-45-42-26-13-18-34-52(42)64-55(45)54(44)60)27-19-28-46(53)58-62-56(38-20-7-5-8-21-38)61-57(63-58)39-22-9-6-10-23-39/h3-36H,1H2,2H3/b29-4-. The first kappa shape index (κ1) is 36.4. The van der Waals surface area contributed by atoms with E-state index in [4.69, 9.17) is 19.4 Å². The molecule has 0 amide bonds. The van der Waals surface area contributed by atoms with Gasteiger partial charge in [-0.25, -0.2) is 15.0 Å². The van der Waals surface area contributed by atoms with Crippen molar-refractivity contribution in [2.75, 3.05) is 0 Å². The summed E-state index contributed by atoms with van der Waals surface area (Å²) in [5.74, 6) is 1.84. The predicted octanol–water partition coefficient (Wildman–Crippen LogP) is 14.5. The monoisotopic (exact) mass is 817 g/mol. The minimum atomic E-state index is -0.904. The predicted molar refractivity (Wildman–Crippen MR) is 259 cm³/mol. The van der Waals surface area contributed by atoms with E-state index in [9.17, 15) is 0 Å². The van der Waals surface area contributed by atoms with Gasteiger partial charge in [-0.05, 0) is 80.3 Å². The summed E-state index contributed by atoms with van der Waals surface area (Å²) in [4.78, 5) is 16.0. The van der Waals surface area contributed by atoms with E-state index in [0.717, 1.165) is 60.9 Å². The summed E-state index contributed by atoms with van der Waals surface area (Å²) >= 11 is 0. The highest BCUT2D eigenvalue weighted by molar-refractivity contribution is 6.11. The molecule has 8 aromatic carbocycles. The molecule has 0 fully saturated rings. The third-order valence-corrected chi connectivity index (χ3v) is 14.0. The molecule has 10 aromatic rings. The van der Waals surface area contributed by atoms with Crippen LogP contribution in [0.5, 0.6) is 0 Å².